The number of amides is 3. The summed E-state index contributed by atoms with van der Waals surface area (Å²) in [6.07, 6.45) is 1.90. The first-order chi connectivity index (χ1) is 18.9. The largest absolute Gasteiger partial charge is 0.454 e. The molecule has 0 saturated carbocycles. The molecule has 2 heterocycles. The Morgan fingerprint density at radius 1 is 1.02 bits per heavy atom. The molecule has 0 radical (unpaired) electrons. The van der Waals surface area contributed by atoms with E-state index in [0.717, 1.165) is 16.2 Å². The van der Waals surface area contributed by atoms with Crippen LogP contribution in [-0.2, 0) is 20.9 Å². The van der Waals surface area contributed by atoms with E-state index in [1.807, 2.05) is 20.8 Å². The van der Waals surface area contributed by atoms with Gasteiger partial charge in [-0.1, -0.05) is 53.2 Å². The Morgan fingerprint density at radius 2 is 1.62 bits per heavy atom. The van der Waals surface area contributed by atoms with Crippen LogP contribution in [0, 0.1) is 11.8 Å². The van der Waals surface area contributed by atoms with Gasteiger partial charge in [0.1, 0.15) is 11.9 Å². The van der Waals surface area contributed by atoms with Gasteiger partial charge in [-0.3, -0.25) is 33.6 Å². The van der Waals surface area contributed by atoms with Gasteiger partial charge in [-0.2, -0.15) is 0 Å². The van der Waals surface area contributed by atoms with Crippen molar-refractivity contribution >= 4 is 35.2 Å². The molecular formula is C28H37N5O7. The SMILES string of the molecule is CCCCn1c(N)c(N(CCC(C)C)C(=O)COC(=O)C(C(C)C)N2C(=O)c3ccccc3C2=O)c(=O)[nH]c1=O. The number of nitrogens with two attached hydrogens (primary N) is 1. The summed E-state index contributed by atoms with van der Waals surface area (Å²) < 4.78 is 6.55. The number of aromatic amines is 1. The summed E-state index contributed by atoms with van der Waals surface area (Å²) in [6.45, 7) is 8.70. The molecule has 3 rings (SSSR count). The Morgan fingerprint density at radius 3 is 2.15 bits per heavy atom. The first kappa shape index (κ1) is 30.3. The van der Waals surface area contributed by atoms with E-state index in [4.69, 9.17) is 10.5 Å². The van der Waals surface area contributed by atoms with Crippen LogP contribution in [-0.4, -0.2) is 57.3 Å². The second kappa shape index (κ2) is 12.8. The number of imide groups is 1. The number of unbranched alkanes of at least 4 members (excludes halogenated alkanes) is 1. The first-order valence-electron chi connectivity index (χ1n) is 13.5. The molecule has 1 aromatic heterocycles. The summed E-state index contributed by atoms with van der Waals surface area (Å²) in [7, 11) is 0. The zero-order valence-corrected chi connectivity index (χ0v) is 23.6. The molecule has 0 spiro atoms. The third-order valence-corrected chi connectivity index (χ3v) is 6.76. The molecule has 12 heteroatoms. The van der Waals surface area contributed by atoms with Gasteiger partial charge < -0.3 is 15.4 Å². The number of carbonyl (C=O) groups is 4. The van der Waals surface area contributed by atoms with Crippen LogP contribution in [0.15, 0.2) is 33.9 Å². The van der Waals surface area contributed by atoms with E-state index >= 15 is 0 Å². The molecule has 3 N–H and O–H groups in total. The lowest BCUT2D eigenvalue weighted by molar-refractivity contribution is -0.153. The molecule has 0 aliphatic carbocycles. The van der Waals surface area contributed by atoms with Gasteiger partial charge in [-0.25, -0.2) is 9.59 Å². The second-order valence-corrected chi connectivity index (χ2v) is 10.5. The highest BCUT2D eigenvalue weighted by atomic mass is 16.5. The van der Waals surface area contributed by atoms with Crippen LogP contribution in [0.3, 0.4) is 0 Å². The van der Waals surface area contributed by atoms with E-state index in [0.29, 0.717) is 12.8 Å². The number of nitrogens with zero attached hydrogens (tertiary/aromatic N) is 3. The van der Waals surface area contributed by atoms with Gasteiger partial charge in [0.25, 0.3) is 23.3 Å². The molecule has 0 saturated heterocycles. The molecule has 0 bridgehead atoms. The highest BCUT2D eigenvalue weighted by Gasteiger charge is 2.45. The third kappa shape index (κ3) is 6.16. The number of anilines is 2. The van der Waals surface area contributed by atoms with Crippen molar-refractivity contribution in [2.75, 3.05) is 23.8 Å². The normalized spacial score (nSPS) is 13.6. The lowest BCUT2D eigenvalue weighted by atomic mass is 10.0. The average molecular weight is 556 g/mol. The lowest BCUT2D eigenvalue weighted by Crippen LogP contribution is -2.49. The number of hydrogen-bond donors (Lipinski definition) is 2. The van der Waals surface area contributed by atoms with Crippen LogP contribution in [0.4, 0.5) is 11.5 Å². The summed E-state index contributed by atoms with van der Waals surface area (Å²) in [5.41, 5.74) is 4.91. The number of esters is 1. The van der Waals surface area contributed by atoms with Crippen LogP contribution < -0.4 is 21.9 Å². The Labute approximate surface area is 232 Å². The fraction of sp³-hybridized carbons (Fsp3) is 0.500. The fourth-order valence-electron chi connectivity index (χ4n) is 4.56. The minimum Gasteiger partial charge on any atom is -0.454 e. The molecule has 2 aromatic rings. The Hall–Kier alpha value is -4.22. The summed E-state index contributed by atoms with van der Waals surface area (Å²) in [5, 5.41) is 0. The Kier molecular flexibility index (Phi) is 9.67. The zero-order chi connectivity index (χ0) is 29.7. The molecule has 1 aromatic carbocycles. The molecule has 0 fully saturated rings. The second-order valence-electron chi connectivity index (χ2n) is 10.5. The van der Waals surface area contributed by atoms with Crippen molar-refractivity contribution in [3.05, 3.63) is 56.2 Å². The Balaban J connectivity index is 1.87. The van der Waals surface area contributed by atoms with Crippen LogP contribution >= 0.6 is 0 Å². The maximum absolute atomic E-state index is 13.4. The molecule has 12 nitrogen and oxygen atoms in total. The lowest BCUT2D eigenvalue weighted by Gasteiger charge is -2.28. The van der Waals surface area contributed by atoms with Gasteiger partial charge in [0.15, 0.2) is 12.3 Å². The molecule has 1 unspecified atom stereocenters. The first-order valence-corrected chi connectivity index (χ1v) is 13.5. The van der Waals surface area contributed by atoms with Gasteiger partial charge in [-0.15, -0.1) is 0 Å². The molecule has 216 valence electrons. The quantitative estimate of drug-likeness (QED) is 0.297. The Bertz CT molecular complexity index is 1370. The number of nitrogens with one attached hydrogen (secondary N) is 1. The van der Waals surface area contributed by atoms with Gasteiger partial charge in [0.05, 0.1) is 11.1 Å². The van der Waals surface area contributed by atoms with E-state index in [9.17, 15) is 28.8 Å². The number of nitrogen functional groups attached to an aromatic ring is 1. The number of fused-ring (bicyclic) bond motifs is 1. The van der Waals surface area contributed by atoms with Crippen LogP contribution in [0.1, 0.15) is 74.6 Å². The minimum absolute atomic E-state index is 0.0827. The number of rotatable bonds is 12. The molecular weight excluding hydrogens is 518 g/mol. The average Bonchev–Trinajstić information content (AvgIpc) is 3.14. The standard InChI is InChI=1S/C28H37N5O7/c1-6-7-13-32-23(29)22(24(35)30-28(32)39)31(14-12-16(2)3)20(34)15-40-27(38)21(17(4)5)33-25(36)18-10-8-9-11-19(18)26(33)37/h8-11,16-17,21H,6-7,12-15,29H2,1-5H3,(H,30,35,39). The molecule has 1 atom stereocenters. The summed E-state index contributed by atoms with van der Waals surface area (Å²) in [4.78, 5) is 82.0. The van der Waals surface area contributed by atoms with Crippen molar-refractivity contribution in [2.24, 2.45) is 11.8 Å². The van der Waals surface area contributed by atoms with Gasteiger partial charge in [-0.05, 0) is 36.8 Å². The topological polar surface area (TPSA) is 165 Å². The molecule has 1 aliphatic heterocycles. The molecule has 1 aliphatic rings. The van der Waals surface area contributed by atoms with Crippen molar-refractivity contribution in [1.82, 2.24) is 14.5 Å². The van der Waals surface area contributed by atoms with Crippen molar-refractivity contribution in [3.8, 4) is 0 Å². The number of H-pyrrole nitrogens is 1. The van der Waals surface area contributed by atoms with Crippen LogP contribution in [0.5, 0.6) is 0 Å². The number of hydrogen-bond acceptors (Lipinski definition) is 8. The smallest absolute Gasteiger partial charge is 0.330 e. The minimum atomic E-state index is -1.27. The van der Waals surface area contributed by atoms with Gasteiger partial charge in [0, 0.05) is 13.1 Å². The van der Waals surface area contributed by atoms with E-state index < -0.39 is 53.5 Å². The number of carbonyl (C=O) groups excluding carboxylic acids is 4. The summed E-state index contributed by atoms with van der Waals surface area (Å²) in [6, 6.07) is 5.00. The van der Waals surface area contributed by atoms with E-state index in [1.165, 1.54) is 16.7 Å². The maximum Gasteiger partial charge on any atom is 0.330 e. The number of aromatic nitrogens is 2. The van der Waals surface area contributed by atoms with E-state index in [1.54, 1.807) is 26.0 Å². The van der Waals surface area contributed by atoms with E-state index in [2.05, 4.69) is 4.98 Å². The van der Waals surface area contributed by atoms with Crippen LogP contribution in [0.2, 0.25) is 0 Å². The van der Waals surface area contributed by atoms with Crippen molar-refractivity contribution in [1.29, 1.82) is 0 Å². The monoisotopic (exact) mass is 555 g/mol. The predicted molar refractivity (Wildman–Crippen MR) is 149 cm³/mol. The van der Waals surface area contributed by atoms with Crippen LogP contribution in [0.25, 0.3) is 0 Å². The number of benzene rings is 1. The van der Waals surface area contributed by atoms with Gasteiger partial charge in [0.2, 0.25) is 0 Å². The zero-order valence-electron chi connectivity index (χ0n) is 23.6. The third-order valence-electron chi connectivity index (χ3n) is 6.76. The van der Waals surface area contributed by atoms with Crippen molar-refractivity contribution < 1.29 is 23.9 Å². The summed E-state index contributed by atoms with van der Waals surface area (Å²) >= 11 is 0. The van der Waals surface area contributed by atoms with E-state index in [-0.39, 0.29) is 41.6 Å². The van der Waals surface area contributed by atoms with Crippen molar-refractivity contribution in [2.45, 2.75) is 66.5 Å². The predicted octanol–water partition coefficient (Wildman–Crippen LogP) is 2.16. The van der Waals surface area contributed by atoms with Crippen molar-refractivity contribution in [3.63, 3.8) is 0 Å². The number of ether oxygens (including phenoxy) is 1. The molecule has 40 heavy (non-hydrogen) atoms. The highest BCUT2D eigenvalue weighted by Crippen LogP contribution is 2.28. The maximum atomic E-state index is 13.4. The molecule has 3 amide bonds. The fourth-order valence-corrected chi connectivity index (χ4v) is 4.56. The van der Waals surface area contributed by atoms with Gasteiger partial charge >= 0.3 is 11.7 Å². The summed E-state index contributed by atoms with van der Waals surface area (Å²) in [5.74, 6) is -3.42. The highest BCUT2D eigenvalue weighted by molar-refractivity contribution is 6.22.